The summed E-state index contributed by atoms with van der Waals surface area (Å²) >= 11 is 0. The standard InChI is InChI=1S/C14H29N3/c1-4-15-6-5-14(11-15)12-16-7-9-17(10-8-16)13(2)3/h13-14H,4-12H2,1-3H3/t14-/m0/s1. The van der Waals surface area contributed by atoms with Crippen molar-refractivity contribution in [2.24, 2.45) is 5.92 Å². The highest BCUT2D eigenvalue weighted by atomic mass is 15.3. The molecule has 0 N–H and O–H groups in total. The molecule has 2 saturated heterocycles. The maximum absolute atomic E-state index is 2.68. The van der Waals surface area contributed by atoms with Crippen LogP contribution in [-0.4, -0.2) is 73.1 Å². The topological polar surface area (TPSA) is 9.72 Å². The monoisotopic (exact) mass is 239 g/mol. The van der Waals surface area contributed by atoms with E-state index in [0.29, 0.717) is 0 Å². The van der Waals surface area contributed by atoms with Crippen molar-refractivity contribution in [2.45, 2.75) is 33.2 Å². The lowest BCUT2D eigenvalue weighted by atomic mass is 10.1. The minimum Gasteiger partial charge on any atom is -0.303 e. The van der Waals surface area contributed by atoms with E-state index in [1.807, 2.05) is 0 Å². The van der Waals surface area contributed by atoms with Gasteiger partial charge in [0.2, 0.25) is 0 Å². The molecule has 100 valence electrons. The third-order valence-corrected chi connectivity index (χ3v) is 4.47. The predicted molar refractivity (Wildman–Crippen MR) is 73.4 cm³/mol. The van der Waals surface area contributed by atoms with Crippen molar-refractivity contribution in [2.75, 3.05) is 52.4 Å². The largest absolute Gasteiger partial charge is 0.303 e. The van der Waals surface area contributed by atoms with Crippen LogP contribution in [0.25, 0.3) is 0 Å². The molecular weight excluding hydrogens is 210 g/mol. The Bertz CT molecular complexity index is 222. The first-order valence-electron chi connectivity index (χ1n) is 7.37. The van der Waals surface area contributed by atoms with Crippen LogP contribution in [0.1, 0.15) is 27.2 Å². The Labute approximate surface area is 107 Å². The van der Waals surface area contributed by atoms with Gasteiger partial charge in [-0.05, 0) is 39.3 Å². The summed E-state index contributed by atoms with van der Waals surface area (Å²) in [5.74, 6) is 0.931. The summed E-state index contributed by atoms with van der Waals surface area (Å²) in [5, 5.41) is 0. The van der Waals surface area contributed by atoms with Crippen molar-refractivity contribution in [3.8, 4) is 0 Å². The first-order chi connectivity index (χ1) is 8.19. The number of piperazine rings is 1. The maximum atomic E-state index is 2.68. The molecule has 1 atom stereocenters. The number of likely N-dealkylation sites (tertiary alicyclic amines) is 1. The Kier molecular flexibility index (Phi) is 4.83. The zero-order valence-electron chi connectivity index (χ0n) is 11.9. The highest BCUT2D eigenvalue weighted by Gasteiger charge is 2.25. The molecule has 2 fully saturated rings. The average molecular weight is 239 g/mol. The van der Waals surface area contributed by atoms with E-state index in [1.54, 1.807) is 0 Å². The van der Waals surface area contributed by atoms with Crippen LogP contribution in [-0.2, 0) is 0 Å². The summed E-state index contributed by atoms with van der Waals surface area (Å²) in [6.07, 6.45) is 1.41. The van der Waals surface area contributed by atoms with Gasteiger partial charge in [-0.3, -0.25) is 4.90 Å². The van der Waals surface area contributed by atoms with Gasteiger partial charge >= 0.3 is 0 Å². The molecular formula is C14H29N3. The molecule has 2 aliphatic rings. The molecule has 0 unspecified atom stereocenters. The van der Waals surface area contributed by atoms with Gasteiger partial charge in [-0.2, -0.15) is 0 Å². The van der Waals surface area contributed by atoms with Crippen LogP contribution in [0.5, 0.6) is 0 Å². The van der Waals surface area contributed by atoms with Crippen LogP contribution in [0.2, 0.25) is 0 Å². The first kappa shape index (κ1) is 13.3. The fourth-order valence-corrected chi connectivity index (χ4v) is 3.18. The molecule has 0 bridgehead atoms. The van der Waals surface area contributed by atoms with E-state index in [0.717, 1.165) is 12.0 Å². The van der Waals surface area contributed by atoms with Gasteiger partial charge in [-0.1, -0.05) is 6.92 Å². The molecule has 0 aromatic rings. The minimum absolute atomic E-state index is 0.721. The number of nitrogens with zero attached hydrogens (tertiary/aromatic N) is 3. The van der Waals surface area contributed by atoms with Crippen molar-refractivity contribution in [1.82, 2.24) is 14.7 Å². The van der Waals surface area contributed by atoms with Crippen LogP contribution in [0.4, 0.5) is 0 Å². The smallest absolute Gasteiger partial charge is 0.0113 e. The Morgan fingerprint density at radius 2 is 1.71 bits per heavy atom. The molecule has 0 aliphatic carbocycles. The lowest BCUT2D eigenvalue weighted by Crippen LogP contribution is -2.50. The zero-order valence-corrected chi connectivity index (χ0v) is 11.9. The molecule has 3 heteroatoms. The predicted octanol–water partition coefficient (Wildman–Crippen LogP) is 1.35. The molecule has 0 aromatic heterocycles. The molecule has 17 heavy (non-hydrogen) atoms. The van der Waals surface area contributed by atoms with Gasteiger partial charge in [-0.15, -0.1) is 0 Å². The number of hydrogen-bond donors (Lipinski definition) is 0. The molecule has 0 radical (unpaired) electrons. The minimum atomic E-state index is 0.721. The highest BCUT2D eigenvalue weighted by molar-refractivity contribution is 4.81. The lowest BCUT2D eigenvalue weighted by Gasteiger charge is -2.37. The van der Waals surface area contributed by atoms with Crippen LogP contribution in [0, 0.1) is 5.92 Å². The molecule has 0 amide bonds. The maximum Gasteiger partial charge on any atom is 0.0113 e. The normalized spacial score (nSPS) is 29.3. The summed E-state index contributed by atoms with van der Waals surface area (Å²) in [6.45, 7) is 17.2. The summed E-state index contributed by atoms with van der Waals surface area (Å²) in [5.41, 5.74) is 0. The Morgan fingerprint density at radius 3 is 2.24 bits per heavy atom. The second kappa shape index (κ2) is 6.17. The van der Waals surface area contributed by atoms with Gasteiger partial charge in [0.1, 0.15) is 0 Å². The SMILES string of the molecule is CCN1CC[C@H](CN2CCN(C(C)C)CC2)C1. The van der Waals surface area contributed by atoms with Gasteiger partial charge in [0.05, 0.1) is 0 Å². The van der Waals surface area contributed by atoms with Crippen molar-refractivity contribution >= 4 is 0 Å². The quantitative estimate of drug-likeness (QED) is 0.733. The Balaban J connectivity index is 1.68. The Hall–Kier alpha value is -0.120. The third-order valence-electron chi connectivity index (χ3n) is 4.47. The lowest BCUT2D eigenvalue weighted by molar-refractivity contribution is 0.0974. The number of hydrogen-bond acceptors (Lipinski definition) is 3. The Morgan fingerprint density at radius 1 is 1.00 bits per heavy atom. The number of rotatable bonds is 4. The fourth-order valence-electron chi connectivity index (χ4n) is 3.18. The molecule has 0 spiro atoms. The van der Waals surface area contributed by atoms with Crippen LogP contribution < -0.4 is 0 Å². The van der Waals surface area contributed by atoms with Gasteiger partial charge in [0.15, 0.2) is 0 Å². The van der Waals surface area contributed by atoms with Crippen LogP contribution in [0.15, 0.2) is 0 Å². The van der Waals surface area contributed by atoms with Gasteiger partial charge in [-0.25, -0.2) is 0 Å². The van der Waals surface area contributed by atoms with E-state index < -0.39 is 0 Å². The van der Waals surface area contributed by atoms with Crippen molar-refractivity contribution in [3.63, 3.8) is 0 Å². The van der Waals surface area contributed by atoms with Crippen LogP contribution >= 0.6 is 0 Å². The van der Waals surface area contributed by atoms with Crippen LogP contribution in [0.3, 0.4) is 0 Å². The van der Waals surface area contributed by atoms with Gasteiger partial charge in [0, 0.05) is 45.3 Å². The van der Waals surface area contributed by atoms with Crippen molar-refractivity contribution in [1.29, 1.82) is 0 Å². The van der Waals surface area contributed by atoms with E-state index in [2.05, 4.69) is 35.5 Å². The summed E-state index contributed by atoms with van der Waals surface area (Å²) in [4.78, 5) is 7.88. The van der Waals surface area contributed by atoms with Gasteiger partial charge in [0.25, 0.3) is 0 Å². The summed E-state index contributed by atoms with van der Waals surface area (Å²) in [7, 11) is 0. The summed E-state index contributed by atoms with van der Waals surface area (Å²) in [6, 6.07) is 0.721. The average Bonchev–Trinajstić information content (AvgIpc) is 2.77. The second-order valence-electron chi connectivity index (χ2n) is 5.98. The summed E-state index contributed by atoms with van der Waals surface area (Å²) < 4.78 is 0. The molecule has 2 aliphatic heterocycles. The highest BCUT2D eigenvalue weighted by Crippen LogP contribution is 2.18. The molecule has 2 rings (SSSR count). The van der Waals surface area contributed by atoms with Crippen molar-refractivity contribution in [3.05, 3.63) is 0 Å². The van der Waals surface area contributed by atoms with E-state index >= 15 is 0 Å². The van der Waals surface area contributed by atoms with Gasteiger partial charge < -0.3 is 9.80 Å². The first-order valence-corrected chi connectivity index (χ1v) is 7.37. The molecule has 0 aromatic carbocycles. The van der Waals surface area contributed by atoms with E-state index in [-0.39, 0.29) is 0 Å². The third kappa shape index (κ3) is 3.67. The fraction of sp³-hybridized carbons (Fsp3) is 1.00. The van der Waals surface area contributed by atoms with E-state index in [4.69, 9.17) is 0 Å². The second-order valence-corrected chi connectivity index (χ2v) is 5.98. The van der Waals surface area contributed by atoms with Crippen molar-refractivity contribution < 1.29 is 0 Å². The molecule has 0 saturated carbocycles. The van der Waals surface area contributed by atoms with E-state index in [9.17, 15) is 0 Å². The molecule has 2 heterocycles. The zero-order chi connectivity index (χ0) is 12.3. The van der Waals surface area contributed by atoms with E-state index in [1.165, 1.54) is 58.8 Å². The molecule has 3 nitrogen and oxygen atoms in total.